The van der Waals surface area contributed by atoms with Crippen molar-refractivity contribution >= 4 is 39.5 Å². The van der Waals surface area contributed by atoms with Crippen molar-refractivity contribution in [2.24, 2.45) is 5.92 Å². The zero-order valence-corrected chi connectivity index (χ0v) is 62.2. The van der Waals surface area contributed by atoms with Crippen LogP contribution in [0.15, 0.2) is 0 Å². The van der Waals surface area contributed by atoms with Gasteiger partial charge in [0.1, 0.15) is 19.3 Å². The molecule has 0 bridgehead atoms. The Labute approximate surface area is 568 Å². The maximum atomic E-state index is 13.1. The zero-order chi connectivity index (χ0) is 68.4. The molecule has 552 valence electrons. The van der Waals surface area contributed by atoms with Gasteiger partial charge in [-0.1, -0.05) is 336 Å². The van der Waals surface area contributed by atoms with Crippen molar-refractivity contribution in [3.05, 3.63) is 0 Å². The number of ether oxygens (including phenoxy) is 4. The van der Waals surface area contributed by atoms with E-state index in [0.717, 1.165) is 95.8 Å². The predicted molar refractivity (Wildman–Crippen MR) is 377 cm³/mol. The summed E-state index contributed by atoms with van der Waals surface area (Å²) in [4.78, 5) is 72.7. The Kier molecular flexibility index (Phi) is 65.9. The van der Waals surface area contributed by atoms with Gasteiger partial charge < -0.3 is 33.8 Å². The Morgan fingerprint density at radius 1 is 0.290 bits per heavy atom. The fourth-order valence-corrected chi connectivity index (χ4v) is 12.9. The van der Waals surface area contributed by atoms with Gasteiger partial charge in [-0.15, -0.1) is 0 Å². The lowest BCUT2D eigenvalue weighted by Gasteiger charge is -2.21. The highest BCUT2D eigenvalue weighted by Gasteiger charge is 2.30. The molecule has 93 heavy (non-hydrogen) atoms. The van der Waals surface area contributed by atoms with Crippen LogP contribution in [-0.4, -0.2) is 96.7 Å². The van der Waals surface area contributed by atoms with Crippen molar-refractivity contribution < 1.29 is 80.2 Å². The van der Waals surface area contributed by atoms with Crippen molar-refractivity contribution in [1.82, 2.24) is 0 Å². The summed E-state index contributed by atoms with van der Waals surface area (Å²) >= 11 is 0. The molecule has 0 aliphatic rings. The largest absolute Gasteiger partial charge is 0.472 e. The number of aliphatic hydroxyl groups excluding tert-OH is 1. The molecule has 0 fully saturated rings. The van der Waals surface area contributed by atoms with E-state index < -0.39 is 97.5 Å². The molecule has 0 spiro atoms. The third-order valence-corrected chi connectivity index (χ3v) is 19.2. The summed E-state index contributed by atoms with van der Waals surface area (Å²) < 4.78 is 68.5. The van der Waals surface area contributed by atoms with E-state index in [4.69, 9.17) is 37.0 Å². The molecule has 0 saturated heterocycles. The smallest absolute Gasteiger partial charge is 0.462 e. The van der Waals surface area contributed by atoms with Crippen LogP contribution in [0.4, 0.5) is 0 Å². The summed E-state index contributed by atoms with van der Waals surface area (Å²) in [6.07, 6.45) is 55.2. The summed E-state index contributed by atoms with van der Waals surface area (Å²) in [5, 5.41) is 10.6. The molecule has 0 rings (SSSR count). The number of carbonyl (C=O) groups is 4. The van der Waals surface area contributed by atoms with E-state index in [0.29, 0.717) is 25.7 Å². The summed E-state index contributed by atoms with van der Waals surface area (Å²) in [5.41, 5.74) is 0. The van der Waals surface area contributed by atoms with Crippen molar-refractivity contribution in [1.29, 1.82) is 0 Å². The van der Waals surface area contributed by atoms with Gasteiger partial charge in [-0.25, -0.2) is 9.13 Å². The van der Waals surface area contributed by atoms with Crippen LogP contribution in [0, 0.1) is 5.92 Å². The third kappa shape index (κ3) is 68.4. The molecule has 0 heterocycles. The number of phosphoric acid groups is 2. The molecule has 3 N–H and O–H groups in total. The van der Waals surface area contributed by atoms with Crippen molar-refractivity contribution in [3.8, 4) is 0 Å². The van der Waals surface area contributed by atoms with Gasteiger partial charge in [0.25, 0.3) is 0 Å². The molecule has 2 unspecified atom stereocenters. The molecule has 17 nitrogen and oxygen atoms in total. The van der Waals surface area contributed by atoms with Gasteiger partial charge in [0.15, 0.2) is 12.2 Å². The minimum absolute atomic E-state index is 0.108. The van der Waals surface area contributed by atoms with E-state index in [1.807, 2.05) is 0 Å². The maximum absolute atomic E-state index is 13.1. The molecule has 19 heteroatoms. The number of hydrogen-bond donors (Lipinski definition) is 3. The van der Waals surface area contributed by atoms with Crippen LogP contribution in [-0.2, 0) is 65.4 Å². The molecule has 0 aromatic rings. The maximum Gasteiger partial charge on any atom is 0.472 e. The topological polar surface area (TPSA) is 237 Å². The second-order valence-corrected chi connectivity index (χ2v) is 30.1. The van der Waals surface area contributed by atoms with Crippen LogP contribution >= 0.6 is 15.6 Å². The summed E-state index contributed by atoms with van der Waals surface area (Å²) in [6.45, 7) is 7.30. The quantitative estimate of drug-likeness (QED) is 0.0222. The molecule has 0 aromatic carbocycles. The van der Waals surface area contributed by atoms with Gasteiger partial charge in [-0.05, 0) is 31.6 Å². The molecule has 0 amide bonds. The van der Waals surface area contributed by atoms with Crippen LogP contribution in [0.25, 0.3) is 0 Å². The fourth-order valence-electron chi connectivity index (χ4n) is 11.4. The minimum Gasteiger partial charge on any atom is -0.462 e. The first-order chi connectivity index (χ1) is 45.0. The Bertz CT molecular complexity index is 1790. The molecule has 0 aromatic heterocycles. The number of hydrogen-bond acceptors (Lipinski definition) is 15. The van der Waals surface area contributed by atoms with E-state index >= 15 is 0 Å². The molecule has 0 radical (unpaired) electrons. The first-order valence-electron chi connectivity index (χ1n) is 38.6. The molecule has 0 aliphatic heterocycles. The monoisotopic (exact) mass is 1370 g/mol. The van der Waals surface area contributed by atoms with E-state index in [1.165, 1.54) is 212 Å². The van der Waals surface area contributed by atoms with Crippen molar-refractivity contribution in [3.63, 3.8) is 0 Å². The van der Waals surface area contributed by atoms with Crippen molar-refractivity contribution in [2.45, 2.75) is 406 Å². The predicted octanol–water partition coefficient (Wildman–Crippen LogP) is 21.7. The van der Waals surface area contributed by atoms with E-state index in [1.54, 1.807) is 0 Å². The van der Waals surface area contributed by atoms with Gasteiger partial charge in [-0.3, -0.25) is 37.3 Å². The van der Waals surface area contributed by atoms with Crippen LogP contribution in [0.1, 0.15) is 388 Å². The highest BCUT2D eigenvalue weighted by molar-refractivity contribution is 7.47. The number of rotatable bonds is 74. The Hall–Kier alpha value is -1.94. The summed E-state index contributed by atoms with van der Waals surface area (Å²) in [6, 6.07) is 0. The Morgan fingerprint density at radius 2 is 0.495 bits per heavy atom. The molecule has 0 aliphatic carbocycles. The highest BCUT2D eigenvalue weighted by Crippen LogP contribution is 2.45. The molecule has 0 saturated carbocycles. The summed E-state index contributed by atoms with van der Waals surface area (Å²) in [5.74, 6) is -1.34. The second kappa shape index (κ2) is 67.3. The molecular formula is C74H144O17P2. The Balaban J connectivity index is 5.26. The lowest BCUT2D eigenvalue weighted by Crippen LogP contribution is -2.30. The lowest BCUT2D eigenvalue weighted by atomic mass is 10.0. The van der Waals surface area contributed by atoms with E-state index in [9.17, 15) is 43.2 Å². The van der Waals surface area contributed by atoms with Gasteiger partial charge in [0.05, 0.1) is 26.4 Å². The standard InChI is InChI=1S/C74H144O17P2/c1-6-9-12-15-18-21-24-27-28-34-38-43-48-53-58-72(77)85-64-70(91-74(79)60-55-50-45-40-35-30-29-31-36-41-46-51-56-67(4)5)66-89-93(82,83)87-62-68(75)61-86-92(80,81)88-65-69(90-73(78)59-54-49-44-39-33-26-23-20-17-14-11-8-3)63-84-71(76)57-52-47-42-37-32-25-22-19-16-13-10-7-2/h67-70,75H,6-66H2,1-5H3,(H,80,81)(H,82,83)/t68-,69+,70+/m0/s1. The van der Waals surface area contributed by atoms with Gasteiger partial charge in [-0.2, -0.15) is 0 Å². The average Bonchev–Trinajstić information content (AvgIpc) is 3.37. The number of carbonyl (C=O) groups excluding carboxylic acids is 4. The normalized spacial score (nSPS) is 14.0. The van der Waals surface area contributed by atoms with Gasteiger partial charge in [0, 0.05) is 25.7 Å². The highest BCUT2D eigenvalue weighted by atomic mass is 31.2. The van der Waals surface area contributed by atoms with Crippen LogP contribution < -0.4 is 0 Å². The van der Waals surface area contributed by atoms with Crippen LogP contribution in [0.5, 0.6) is 0 Å². The van der Waals surface area contributed by atoms with Crippen molar-refractivity contribution in [2.75, 3.05) is 39.6 Å². The number of esters is 4. The third-order valence-electron chi connectivity index (χ3n) is 17.3. The Morgan fingerprint density at radius 3 is 0.731 bits per heavy atom. The zero-order valence-electron chi connectivity index (χ0n) is 60.4. The molecular weight excluding hydrogens is 1220 g/mol. The second-order valence-electron chi connectivity index (χ2n) is 27.2. The van der Waals surface area contributed by atoms with Crippen LogP contribution in [0.2, 0.25) is 0 Å². The number of unbranched alkanes of at least 4 members (excludes halogenated alkanes) is 46. The van der Waals surface area contributed by atoms with Gasteiger partial charge in [0.2, 0.25) is 0 Å². The lowest BCUT2D eigenvalue weighted by molar-refractivity contribution is -0.161. The fraction of sp³-hybridized carbons (Fsp3) is 0.946. The first kappa shape index (κ1) is 91.1. The number of aliphatic hydroxyl groups is 1. The first-order valence-corrected chi connectivity index (χ1v) is 41.6. The minimum atomic E-state index is -4.95. The average molecular weight is 1370 g/mol. The molecule has 5 atom stereocenters. The van der Waals surface area contributed by atoms with E-state index in [2.05, 4.69) is 34.6 Å². The van der Waals surface area contributed by atoms with Gasteiger partial charge >= 0.3 is 39.5 Å². The number of phosphoric ester groups is 2. The van der Waals surface area contributed by atoms with E-state index in [-0.39, 0.29) is 25.7 Å². The summed E-state index contributed by atoms with van der Waals surface area (Å²) in [7, 11) is -9.91. The van der Waals surface area contributed by atoms with Crippen LogP contribution in [0.3, 0.4) is 0 Å². The SMILES string of the molecule is CCCCCCCCCCCCCCCCC(=O)OC[C@H](COP(=O)(O)OC[C@@H](O)COP(=O)(O)OC[C@@H](COC(=O)CCCCCCCCCCCCCC)OC(=O)CCCCCCCCCCCCCC)OC(=O)CCCCCCCCCCCCCCC(C)C.